The summed E-state index contributed by atoms with van der Waals surface area (Å²) in [6.45, 7) is 6.48. The molecule has 0 N–H and O–H groups in total. The average molecular weight is 950 g/mol. The molecule has 0 bridgehead atoms. The molecule has 0 spiro atoms. The van der Waals surface area contributed by atoms with Crippen molar-refractivity contribution >= 4 is 17.9 Å². The van der Waals surface area contributed by atoms with Crippen LogP contribution in [0.5, 0.6) is 0 Å². The van der Waals surface area contributed by atoms with Crippen LogP contribution in [0.15, 0.2) is 72.9 Å². The highest BCUT2D eigenvalue weighted by Crippen LogP contribution is 2.16. The Labute approximate surface area is 421 Å². The Morgan fingerprint density at radius 2 is 0.574 bits per heavy atom. The molecular weight excluding hydrogens is 841 g/mol. The van der Waals surface area contributed by atoms with E-state index in [1.807, 2.05) is 0 Å². The third kappa shape index (κ3) is 53.8. The van der Waals surface area contributed by atoms with Crippen LogP contribution >= 0.6 is 0 Å². The highest BCUT2D eigenvalue weighted by molar-refractivity contribution is 5.71. The number of hydrogen-bond donors (Lipinski definition) is 0. The maximum absolute atomic E-state index is 12.8. The number of rotatable bonds is 52. The Morgan fingerprint density at radius 1 is 0.309 bits per heavy atom. The molecule has 0 saturated carbocycles. The second-order valence-corrected chi connectivity index (χ2v) is 19.2. The number of carbonyl (C=O) groups excluding carboxylic acids is 3. The lowest BCUT2D eigenvalue weighted by Crippen LogP contribution is -2.30. The van der Waals surface area contributed by atoms with Crippen molar-refractivity contribution < 1.29 is 28.6 Å². The summed E-state index contributed by atoms with van der Waals surface area (Å²) >= 11 is 0. The molecular formula is C62H108O6. The lowest BCUT2D eigenvalue weighted by Gasteiger charge is -2.18. The highest BCUT2D eigenvalue weighted by atomic mass is 16.6. The fraction of sp³-hybridized carbons (Fsp3) is 0.758. The third-order valence-corrected chi connectivity index (χ3v) is 12.4. The molecule has 0 rings (SSSR count). The van der Waals surface area contributed by atoms with Crippen LogP contribution in [0.4, 0.5) is 0 Å². The quantitative estimate of drug-likeness (QED) is 0.0262. The zero-order chi connectivity index (χ0) is 49.3. The molecule has 0 aromatic rings. The molecule has 0 aromatic carbocycles. The number of allylic oxidation sites excluding steroid dienone is 12. The van der Waals surface area contributed by atoms with Crippen molar-refractivity contribution in [1.82, 2.24) is 0 Å². The summed E-state index contributed by atoms with van der Waals surface area (Å²) in [5.74, 6) is -0.886. The van der Waals surface area contributed by atoms with Crippen LogP contribution in [-0.2, 0) is 28.6 Å². The Bertz CT molecular complexity index is 1270. The van der Waals surface area contributed by atoms with Gasteiger partial charge in [-0.05, 0) is 89.9 Å². The van der Waals surface area contributed by atoms with Crippen molar-refractivity contribution in [3.63, 3.8) is 0 Å². The monoisotopic (exact) mass is 949 g/mol. The van der Waals surface area contributed by atoms with Crippen LogP contribution in [-0.4, -0.2) is 37.2 Å². The minimum Gasteiger partial charge on any atom is -0.462 e. The first-order valence-electron chi connectivity index (χ1n) is 28.9. The maximum atomic E-state index is 12.8. The second kappa shape index (κ2) is 56.4. The van der Waals surface area contributed by atoms with E-state index in [2.05, 4.69) is 93.7 Å². The van der Waals surface area contributed by atoms with Gasteiger partial charge in [0.2, 0.25) is 0 Å². The van der Waals surface area contributed by atoms with Crippen molar-refractivity contribution in [3.05, 3.63) is 72.9 Å². The largest absolute Gasteiger partial charge is 0.462 e. The van der Waals surface area contributed by atoms with Crippen molar-refractivity contribution in [2.24, 2.45) is 0 Å². The molecule has 0 aliphatic rings. The van der Waals surface area contributed by atoms with Crippen LogP contribution in [0.1, 0.15) is 284 Å². The van der Waals surface area contributed by atoms with E-state index in [0.29, 0.717) is 19.3 Å². The predicted octanol–water partition coefficient (Wildman–Crippen LogP) is 19.4. The third-order valence-electron chi connectivity index (χ3n) is 12.4. The minimum absolute atomic E-state index is 0.0773. The van der Waals surface area contributed by atoms with Gasteiger partial charge in [0.05, 0.1) is 0 Å². The molecule has 0 aliphatic carbocycles. The van der Waals surface area contributed by atoms with Crippen LogP contribution in [0.2, 0.25) is 0 Å². The summed E-state index contributed by atoms with van der Waals surface area (Å²) in [5, 5.41) is 0. The number of carbonyl (C=O) groups is 3. The molecule has 6 heteroatoms. The van der Waals surface area contributed by atoms with Gasteiger partial charge in [-0.25, -0.2) is 0 Å². The summed E-state index contributed by atoms with van der Waals surface area (Å²) < 4.78 is 16.8. The number of hydrogen-bond acceptors (Lipinski definition) is 6. The van der Waals surface area contributed by atoms with Crippen LogP contribution in [0.3, 0.4) is 0 Å². The van der Waals surface area contributed by atoms with Gasteiger partial charge in [0, 0.05) is 19.3 Å². The van der Waals surface area contributed by atoms with E-state index in [-0.39, 0.29) is 31.1 Å². The highest BCUT2D eigenvalue weighted by Gasteiger charge is 2.19. The minimum atomic E-state index is -0.777. The summed E-state index contributed by atoms with van der Waals surface area (Å²) in [7, 11) is 0. The Kier molecular flexibility index (Phi) is 53.8. The molecule has 392 valence electrons. The number of unbranched alkanes of at least 4 members (excludes halogenated alkanes) is 29. The SMILES string of the molecule is CC/C=C\C/C=C\C/C=C\C/C=C\CCCCCCCCCCCCCCC(=O)OCC(COC(=O)CCCCCCCCC)OC(=O)CCCCCCCCC/C=C\C/C=C\CCCCCC. The second-order valence-electron chi connectivity index (χ2n) is 19.2. The molecule has 6 nitrogen and oxygen atoms in total. The van der Waals surface area contributed by atoms with E-state index in [1.54, 1.807) is 0 Å². The average Bonchev–Trinajstić information content (AvgIpc) is 3.34. The zero-order valence-corrected chi connectivity index (χ0v) is 44.9. The summed E-state index contributed by atoms with van der Waals surface area (Å²) in [4.78, 5) is 38.0. The van der Waals surface area contributed by atoms with Crippen molar-refractivity contribution in [2.75, 3.05) is 13.2 Å². The lowest BCUT2D eigenvalue weighted by molar-refractivity contribution is -0.167. The van der Waals surface area contributed by atoms with Gasteiger partial charge in [0.15, 0.2) is 6.10 Å². The van der Waals surface area contributed by atoms with Crippen molar-refractivity contribution in [1.29, 1.82) is 0 Å². The van der Waals surface area contributed by atoms with E-state index in [1.165, 1.54) is 148 Å². The first-order valence-corrected chi connectivity index (χ1v) is 28.9. The normalized spacial score (nSPS) is 12.6. The number of esters is 3. The van der Waals surface area contributed by atoms with Gasteiger partial charge in [-0.3, -0.25) is 14.4 Å². The van der Waals surface area contributed by atoms with Gasteiger partial charge in [0.1, 0.15) is 13.2 Å². The number of ether oxygens (including phenoxy) is 3. The zero-order valence-electron chi connectivity index (χ0n) is 44.9. The molecule has 0 fully saturated rings. The van der Waals surface area contributed by atoms with Gasteiger partial charge in [-0.2, -0.15) is 0 Å². The molecule has 1 unspecified atom stereocenters. The molecule has 0 saturated heterocycles. The lowest BCUT2D eigenvalue weighted by atomic mass is 10.0. The predicted molar refractivity (Wildman–Crippen MR) is 293 cm³/mol. The molecule has 0 amide bonds. The van der Waals surface area contributed by atoms with Crippen LogP contribution in [0, 0.1) is 0 Å². The fourth-order valence-corrected chi connectivity index (χ4v) is 8.11. The van der Waals surface area contributed by atoms with E-state index < -0.39 is 6.10 Å². The molecule has 68 heavy (non-hydrogen) atoms. The maximum Gasteiger partial charge on any atom is 0.306 e. The van der Waals surface area contributed by atoms with Gasteiger partial charge >= 0.3 is 17.9 Å². The van der Waals surface area contributed by atoms with E-state index in [9.17, 15) is 14.4 Å². The Morgan fingerprint density at radius 3 is 0.912 bits per heavy atom. The van der Waals surface area contributed by atoms with Gasteiger partial charge in [-0.1, -0.05) is 248 Å². The topological polar surface area (TPSA) is 78.9 Å². The summed E-state index contributed by atoms with van der Waals surface area (Å²) in [6.07, 6.45) is 72.0. The summed E-state index contributed by atoms with van der Waals surface area (Å²) in [5.41, 5.74) is 0. The van der Waals surface area contributed by atoms with E-state index in [4.69, 9.17) is 14.2 Å². The van der Waals surface area contributed by atoms with Gasteiger partial charge in [0.25, 0.3) is 0 Å². The Balaban J connectivity index is 4.17. The van der Waals surface area contributed by atoms with Crippen LogP contribution < -0.4 is 0 Å². The van der Waals surface area contributed by atoms with Crippen molar-refractivity contribution in [3.8, 4) is 0 Å². The molecule has 0 radical (unpaired) electrons. The van der Waals surface area contributed by atoms with E-state index in [0.717, 1.165) is 96.3 Å². The smallest absolute Gasteiger partial charge is 0.306 e. The summed E-state index contributed by atoms with van der Waals surface area (Å²) in [6, 6.07) is 0. The Hall–Kier alpha value is -3.15. The molecule has 1 atom stereocenters. The van der Waals surface area contributed by atoms with Crippen molar-refractivity contribution in [2.45, 2.75) is 290 Å². The first kappa shape index (κ1) is 64.8. The molecule has 0 aliphatic heterocycles. The standard InChI is InChI=1S/C62H108O6/c1-4-7-10-13-16-18-20-22-24-26-28-29-30-31-32-33-34-36-37-39-41-43-46-49-52-55-61(64)67-58-59(57-66-60(63)54-51-48-45-15-12-9-6-3)68-62(65)56-53-50-47-44-42-40-38-35-27-25-23-21-19-17-14-11-8-5-2/h7,10,16,18-19,21-22,24-25,27-29,59H,4-6,8-9,11-15,17,20,23,26,30-58H2,1-3H3/b10-7-,18-16-,21-19-,24-22-,27-25-,29-28-. The fourth-order valence-electron chi connectivity index (χ4n) is 8.11. The van der Waals surface area contributed by atoms with Gasteiger partial charge in [-0.15, -0.1) is 0 Å². The van der Waals surface area contributed by atoms with Crippen LogP contribution in [0.25, 0.3) is 0 Å². The van der Waals surface area contributed by atoms with E-state index >= 15 is 0 Å². The first-order chi connectivity index (χ1) is 33.5. The van der Waals surface area contributed by atoms with Gasteiger partial charge < -0.3 is 14.2 Å². The molecule has 0 aromatic heterocycles. The molecule has 0 heterocycles.